The fourth-order valence-electron chi connectivity index (χ4n) is 2.11. The number of aromatic nitrogens is 1. The van der Waals surface area contributed by atoms with Crippen LogP contribution in [0.1, 0.15) is 5.56 Å². The van der Waals surface area contributed by atoms with E-state index in [1.165, 1.54) is 6.20 Å². The van der Waals surface area contributed by atoms with E-state index in [0.717, 1.165) is 16.6 Å². The van der Waals surface area contributed by atoms with Crippen molar-refractivity contribution >= 4 is 10.9 Å². The first kappa shape index (κ1) is 11.2. The lowest BCUT2D eigenvalue weighted by atomic mass is 10.0. The van der Waals surface area contributed by atoms with Crippen LogP contribution in [0.3, 0.4) is 0 Å². The maximum Gasteiger partial charge on any atom is 0.207 e. The molecule has 0 aliphatic heterocycles. The Morgan fingerprint density at radius 3 is 2.53 bits per heavy atom. The average Bonchev–Trinajstić information content (AvgIpc) is 2.48. The zero-order valence-corrected chi connectivity index (χ0v) is 10.1. The van der Waals surface area contributed by atoms with Crippen LogP contribution in [0.15, 0.2) is 59.5 Å². The summed E-state index contributed by atoms with van der Waals surface area (Å²) in [6, 6.07) is 17.4. The second kappa shape index (κ2) is 4.43. The molecule has 1 heterocycles. The van der Waals surface area contributed by atoms with Crippen molar-refractivity contribution in [3.05, 3.63) is 70.5 Å². The lowest BCUT2D eigenvalue weighted by Gasteiger charge is -2.04. The molecule has 0 aliphatic rings. The van der Waals surface area contributed by atoms with Gasteiger partial charge < -0.3 is 4.98 Å². The van der Waals surface area contributed by atoms with Crippen LogP contribution in [0.5, 0.6) is 0 Å². The Morgan fingerprint density at radius 1 is 1.00 bits per heavy atom. The number of hydrogen-bond acceptors (Lipinski definition) is 2. The predicted octanol–water partition coefficient (Wildman–Crippen LogP) is 3.07. The Hall–Kier alpha value is -2.86. The highest BCUT2D eigenvalue weighted by molar-refractivity contribution is 5.85. The number of pyridine rings is 1. The zero-order valence-electron chi connectivity index (χ0n) is 10.1. The first-order valence-corrected chi connectivity index (χ1v) is 5.90. The van der Waals surface area contributed by atoms with Gasteiger partial charge in [-0.2, -0.15) is 5.26 Å². The van der Waals surface area contributed by atoms with E-state index in [2.05, 4.69) is 4.98 Å². The third kappa shape index (κ3) is 1.90. The number of nitriles is 1. The summed E-state index contributed by atoms with van der Waals surface area (Å²) < 4.78 is 0. The van der Waals surface area contributed by atoms with Crippen LogP contribution in [0.25, 0.3) is 22.0 Å². The summed E-state index contributed by atoms with van der Waals surface area (Å²) in [5.74, 6) is 0. The molecule has 1 N–H and O–H groups in total. The molecule has 0 amide bonds. The van der Waals surface area contributed by atoms with Crippen LogP contribution in [-0.4, -0.2) is 4.98 Å². The van der Waals surface area contributed by atoms with Crippen molar-refractivity contribution in [1.29, 1.82) is 5.26 Å². The molecule has 3 nitrogen and oxygen atoms in total. The van der Waals surface area contributed by atoms with Crippen LogP contribution < -0.4 is 5.43 Å². The van der Waals surface area contributed by atoms with E-state index in [4.69, 9.17) is 5.26 Å². The van der Waals surface area contributed by atoms with Gasteiger partial charge in [0.25, 0.3) is 0 Å². The molecular formula is C16H10N2O. The lowest BCUT2D eigenvalue weighted by molar-refractivity contribution is 1.34. The van der Waals surface area contributed by atoms with Gasteiger partial charge in [0.1, 0.15) is 11.6 Å². The first-order chi connectivity index (χ1) is 9.29. The molecule has 3 heteroatoms. The van der Waals surface area contributed by atoms with Crippen LogP contribution >= 0.6 is 0 Å². The van der Waals surface area contributed by atoms with Gasteiger partial charge in [-0.15, -0.1) is 0 Å². The van der Waals surface area contributed by atoms with Crippen LogP contribution in [0.2, 0.25) is 0 Å². The number of nitrogens with zero attached hydrogens (tertiary/aromatic N) is 1. The summed E-state index contributed by atoms with van der Waals surface area (Å²) in [7, 11) is 0. The number of hydrogen-bond donors (Lipinski definition) is 1. The molecule has 0 radical (unpaired) electrons. The van der Waals surface area contributed by atoms with Crippen molar-refractivity contribution in [2.45, 2.75) is 0 Å². The van der Waals surface area contributed by atoms with Crippen LogP contribution in [0.4, 0.5) is 0 Å². The topological polar surface area (TPSA) is 56.6 Å². The second-order valence-corrected chi connectivity index (χ2v) is 4.27. The fraction of sp³-hybridized carbons (Fsp3) is 0. The minimum atomic E-state index is -0.228. The Labute approximate surface area is 109 Å². The quantitative estimate of drug-likeness (QED) is 0.717. The highest BCUT2D eigenvalue weighted by Gasteiger charge is 2.06. The predicted molar refractivity (Wildman–Crippen MR) is 74.7 cm³/mol. The molecule has 0 saturated heterocycles. The molecule has 90 valence electrons. The molecule has 0 unspecified atom stereocenters. The van der Waals surface area contributed by atoms with Gasteiger partial charge in [-0.1, -0.05) is 36.4 Å². The molecule has 0 spiro atoms. The summed E-state index contributed by atoms with van der Waals surface area (Å²) in [5, 5.41) is 9.44. The largest absolute Gasteiger partial charge is 0.360 e. The summed E-state index contributed by atoms with van der Waals surface area (Å²) in [6.07, 6.45) is 1.45. The normalized spacial score (nSPS) is 10.3. The number of H-pyrrole nitrogens is 1. The number of rotatable bonds is 1. The van der Waals surface area contributed by atoms with Gasteiger partial charge in [0.05, 0.1) is 0 Å². The Bertz CT molecular complexity index is 842. The highest BCUT2D eigenvalue weighted by Crippen LogP contribution is 2.21. The summed E-state index contributed by atoms with van der Waals surface area (Å²) in [4.78, 5) is 15.1. The second-order valence-electron chi connectivity index (χ2n) is 4.27. The molecule has 0 atom stereocenters. The number of nitrogens with one attached hydrogen (secondary N) is 1. The zero-order chi connectivity index (χ0) is 13.2. The van der Waals surface area contributed by atoms with Gasteiger partial charge in [-0.25, -0.2) is 0 Å². The fourth-order valence-corrected chi connectivity index (χ4v) is 2.11. The Kier molecular flexibility index (Phi) is 2.62. The van der Waals surface area contributed by atoms with Crippen molar-refractivity contribution in [3.63, 3.8) is 0 Å². The van der Waals surface area contributed by atoms with E-state index in [-0.39, 0.29) is 11.0 Å². The number of fused-ring (bicyclic) bond motifs is 1. The monoisotopic (exact) mass is 246 g/mol. The van der Waals surface area contributed by atoms with Crippen molar-refractivity contribution in [3.8, 4) is 17.2 Å². The third-order valence-electron chi connectivity index (χ3n) is 3.11. The number of aromatic amines is 1. The third-order valence-corrected chi connectivity index (χ3v) is 3.11. The number of benzene rings is 2. The summed E-state index contributed by atoms with van der Waals surface area (Å²) >= 11 is 0. The highest BCUT2D eigenvalue weighted by atomic mass is 16.1. The van der Waals surface area contributed by atoms with Crippen molar-refractivity contribution in [1.82, 2.24) is 4.98 Å². The lowest BCUT2D eigenvalue weighted by Crippen LogP contribution is -2.07. The maximum absolute atomic E-state index is 12.1. The summed E-state index contributed by atoms with van der Waals surface area (Å²) in [5.41, 5.74) is 2.66. The van der Waals surface area contributed by atoms with E-state index in [1.807, 2.05) is 54.6 Å². The molecule has 1 aromatic heterocycles. The molecule has 2 aromatic carbocycles. The van der Waals surface area contributed by atoms with Gasteiger partial charge in [-0.05, 0) is 23.3 Å². The van der Waals surface area contributed by atoms with Gasteiger partial charge in [-0.3, -0.25) is 4.79 Å². The van der Waals surface area contributed by atoms with Gasteiger partial charge >= 0.3 is 0 Å². The minimum absolute atomic E-state index is 0.137. The maximum atomic E-state index is 12.1. The molecule has 0 saturated carbocycles. The average molecular weight is 246 g/mol. The van der Waals surface area contributed by atoms with Gasteiger partial charge in [0.2, 0.25) is 5.43 Å². The first-order valence-electron chi connectivity index (χ1n) is 5.90. The van der Waals surface area contributed by atoms with Crippen molar-refractivity contribution < 1.29 is 0 Å². The molecule has 0 aliphatic carbocycles. The molecule has 3 aromatic rings. The standard InChI is InChI=1S/C16H10N2O/c17-9-13-10-18-15-7-6-12(8-14(15)16(13)19)11-4-2-1-3-5-11/h1-8,10H,(H,18,19). The minimum Gasteiger partial charge on any atom is -0.360 e. The Morgan fingerprint density at radius 2 is 1.79 bits per heavy atom. The van der Waals surface area contributed by atoms with E-state index >= 15 is 0 Å². The van der Waals surface area contributed by atoms with Crippen molar-refractivity contribution in [2.24, 2.45) is 0 Å². The molecule has 3 rings (SSSR count). The Balaban J connectivity index is 2.29. The van der Waals surface area contributed by atoms with Crippen molar-refractivity contribution in [2.75, 3.05) is 0 Å². The SMILES string of the molecule is N#Cc1c[nH]c2ccc(-c3ccccc3)cc2c1=O. The smallest absolute Gasteiger partial charge is 0.207 e. The van der Waals surface area contributed by atoms with Crippen LogP contribution in [-0.2, 0) is 0 Å². The van der Waals surface area contributed by atoms with E-state index < -0.39 is 0 Å². The van der Waals surface area contributed by atoms with Gasteiger partial charge in [0.15, 0.2) is 0 Å². The van der Waals surface area contributed by atoms with E-state index in [0.29, 0.717) is 5.39 Å². The van der Waals surface area contributed by atoms with E-state index in [1.54, 1.807) is 0 Å². The molecular weight excluding hydrogens is 236 g/mol. The van der Waals surface area contributed by atoms with E-state index in [9.17, 15) is 4.79 Å². The summed E-state index contributed by atoms with van der Waals surface area (Å²) in [6.45, 7) is 0. The molecule has 0 fully saturated rings. The molecule has 19 heavy (non-hydrogen) atoms. The van der Waals surface area contributed by atoms with Gasteiger partial charge in [0, 0.05) is 17.1 Å². The molecule has 0 bridgehead atoms. The van der Waals surface area contributed by atoms with Crippen LogP contribution in [0, 0.1) is 11.3 Å².